The van der Waals surface area contributed by atoms with Crippen molar-refractivity contribution < 1.29 is 9.90 Å². The molecule has 1 aliphatic carbocycles. The number of aryl methyl sites for hydroxylation is 1. The lowest BCUT2D eigenvalue weighted by Gasteiger charge is -2.39. The molecule has 3 heteroatoms. The monoisotopic (exact) mass is 319 g/mol. The van der Waals surface area contributed by atoms with Crippen LogP contribution in [0.5, 0.6) is 0 Å². The maximum Gasteiger partial charge on any atom is 0.336 e. The number of aromatic carboxylic acids is 1. The molecular weight excluding hydrogens is 298 g/mol. The summed E-state index contributed by atoms with van der Waals surface area (Å²) in [6.07, 6.45) is 6.47. The lowest BCUT2D eigenvalue weighted by molar-refractivity contribution is 0.0694. The van der Waals surface area contributed by atoms with Crippen LogP contribution in [-0.2, 0) is 6.42 Å². The number of hydrogen-bond acceptors (Lipinski definition) is 2. The third-order valence-corrected chi connectivity index (χ3v) is 5.39. The second kappa shape index (κ2) is 5.82. The molecule has 3 atom stereocenters. The van der Waals surface area contributed by atoms with Gasteiger partial charge in [-0.1, -0.05) is 55.5 Å². The molecule has 4 rings (SSSR count). The van der Waals surface area contributed by atoms with E-state index in [9.17, 15) is 9.90 Å². The average Bonchev–Trinajstić information content (AvgIpc) is 3.10. The first-order chi connectivity index (χ1) is 11.7. The molecule has 1 heterocycles. The van der Waals surface area contributed by atoms with Gasteiger partial charge in [0.2, 0.25) is 0 Å². The molecule has 0 amide bonds. The molecule has 0 spiro atoms. The van der Waals surface area contributed by atoms with E-state index in [0.717, 1.165) is 18.4 Å². The summed E-state index contributed by atoms with van der Waals surface area (Å²) in [6, 6.07) is 13.9. The summed E-state index contributed by atoms with van der Waals surface area (Å²) in [5, 5.41) is 13.3. The summed E-state index contributed by atoms with van der Waals surface area (Å²) in [5.74, 6) is -0.130. The number of benzene rings is 2. The number of rotatable bonds is 3. The fraction of sp³-hybridized carbons (Fsp3) is 0.286. The van der Waals surface area contributed by atoms with Crippen molar-refractivity contribution in [2.45, 2.75) is 31.7 Å². The fourth-order valence-electron chi connectivity index (χ4n) is 4.25. The van der Waals surface area contributed by atoms with E-state index in [4.69, 9.17) is 0 Å². The normalized spacial score (nSPS) is 24.1. The van der Waals surface area contributed by atoms with Gasteiger partial charge in [0.1, 0.15) is 0 Å². The number of fused-ring (bicyclic) bond motifs is 3. The van der Waals surface area contributed by atoms with Crippen molar-refractivity contribution in [3.8, 4) is 0 Å². The third kappa shape index (κ3) is 2.23. The third-order valence-electron chi connectivity index (χ3n) is 5.39. The maximum atomic E-state index is 11.7. The van der Waals surface area contributed by atoms with E-state index in [0.29, 0.717) is 17.4 Å². The van der Waals surface area contributed by atoms with Crippen molar-refractivity contribution in [2.24, 2.45) is 5.92 Å². The van der Waals surface area contributed by atoms with Gasteiger partial charge < -0.3 is 10.4 Å². The smallest absolute Gasteiger partial charge is 0.336 e. The minimum absolute atomic E-state index is 0.0255. The van der Waals surface area contributed by atoms with Crippen LogP contribution in [0, 0.1) is 5.92 Å². The van der Waals surface area contributed by atoms with Gasteiger partial charge in [-0.15, -0.1) is 0 Å². The van der Waals surface area contributed by atoms with Gasteiger partial charge in [0.15, 0.2) is 0 Å². The van der Waals surface area contributed by atoms with Crippen LogP contribution in [0.4, 0.5) is 5.69 Å². The minimum Gasteiger partial charge on any atom is -0.478 e. The Morgan fingerprint density at radius 3 is 2.75 bits per heavy atom. The zero-order chi connectivity index (χ0) is 16.7. The second-order valence-electron chi connectivity index (χ2n) is 6.60. The van der Waals surface area contributed by atoms with Crippen molar-refractivity contribution in [3.63, 3.8) is 0 Å². The Morgan fingerprint density at radius 2 is 1.96 bits per heavy atom. The number of carbonyl (C=O) groups is 1. The number of allylic oxidation sites excluding steroid dienone is 2. The molecule has 2 aromatic rings. The second-order valence-corrected chi connectivity index (χ2v) is 6.60. The first-order valence-electron chi connectivity index (χ1n) is 8.58. The molecule has 1 aliphatic heterocycles. The molecule has 0 saturated heterocycles. The van der Waals surface area contributed by atoms with E-state index >= 15 is 0 Å². The number of para-hydroxylation sites is 1. The highest BCUT2D eigenvalue weighted by Crippen LogP contribution is 2.51. The molecule has 2 aromatic carbocycles. The standard InChI is InChI=1S/C21H21NO2/c1-2-13-7-5-11-15-14-10-6-12-16(14)20(22-19(13)15)17-8-3-4-9-18(17)21(23)24/h3-11,14,16,20,22H,2,12H2,1H3,(H,23,24)/t14-,16+,20+/m1/s1. The van der Waals surface area contributed by atoms with E-state index in [1.54, 1.807) is 12.1 Å². The van der Waals surface area contributed by atoms with Gasteiger partial charge in [-0.2, -0.15) is 0 Å². The molecule has 0 saturated carbocycles. The van der Waals surface area contributed by atoms with E-state index in [1.165, 1.54) is 16.8 Å². The molecule has 2 aliphatic rings. The van der Waals surface area contributed by atoms with Gasteiger partial charge in [0, 0.05) is 11.6 Å². The Hall–Kier alpha value is -2.55. The van der Waals surface area contributed by atoms with E-state index < -0.39 is 5.97 Å². The van der Waals surface area contributed by atoms with Crippen LogP contribution in [0.25, 0.3) is 0 Å². The first kappa shape index (κ1) is 15.0. The van der Waals surface area contributed by atoms with Crippen LogP contribution in [0.1, 0.15) is 52.4 Å². The van der Waals surface area contributed by atoms with Gasteiger partial charge in [-0.05, 0) is 41.5 Å². The van der Waals surface area contributed by atoms with Crippen LogP contribution >= 0.6 is 0 Å². The predicted molar refractivity (Wildman–Crippen MR) is 95.6 cm³/mol. The largest absolute Gasteiger partial charge is 0.478 e. The van der Waals surface area contributed by atoms with Crippen LogP contribution in [0.2, 0.25) is 0 Å². The van der Waals surface area contributed by atoms with Crippen LogP contribution in [-0.4, -0.2) is 11.1 Å². The number of hydrogen-bond donors (Lipinski definition) is 2. The Morgan fingerprint density at radius 1 is 1.17 bits per heavy atom. The predicted octanol–water partition coefficient (Wildman–Crippen LogP) is 4.77. The highest BCUT2D eigenvalue weighted by atomic mass is 16.4. The van der Waals surface area contributed by atoms with Crippen LogP contribution in [0.3, 0.4) is 0 Å². The van der Waals surface area contributed by atoms with E-state index in [2.05, 4.69) is 42.6 Å². The van der Waals surface area contributed by atoms with E-state index in [1.807, 2.05) is 12.1 Å². The van der Waals surface area contributed by atoms with Crippen molar-refractivity contribution in [1.82, 2.24) is 0 Å². The summed E-state index contributed by atoms with van der Waals surface area (Å²) in [6.45, 7) is 2.16. The van der Waals surface area contributed by atoms with Crippen molar-refractivity contribution in [2.75, 3.05) is 5.32 Å². The summed E-state index contributed by atoms with van der Waals surface area (Å²) in [7, 11) is 0. The first-order valence-corrected chi connectivity index (χ1v) is 8.58. The molecule has 3 nitrogen and oxygen atoms in total. The Kier molecular flexibility index (Phi) is 3.64. The molecule has 24 heavy (non-hydrogen) atoms. The Balaban J connectivity index is 1.86. The van der Waals surface area contributed by atoms with Gasteiger partial charge in [-0.25, -0.2) is 4.79 Å². The minimum atomic E-state index is -0.857. The SMILES string of the molecule is CCc1cccc2c1N[C@H](c1ccccc1C(=O)O)[C@H]1CC=C[C@H]21. The Bertz CT molecular complexity index is 824. The number of anilines is 1. The summed E-state index contributed by atoms with van der Waals surface area (Å²) in [5.41, 5.74) is 5.12. The molecule has 0 unspecified atom stereocenters. The van der Waals surface area contributed by atoms with Crippen molar-refractivity contribution in [1.29, 1.82) is 0 Å². The van der Waals surface area contributed by atoms with E-state index in [-0.39, 0.29) is 6.04 Å². The summed E-state index contributed by atoms with van der Waals surface area (Å²) in [4.78, 5) is 11.7. The molecule has 122 valence electrons. The summed E-state index contributed by atoms with van der Waals surface area (Å²) < 4.78 is 0. The zero-order valence-corrected chi connectivity index (χ0v) is 13.7. The molecule has 0 aromatic heterocycles. The fourth-order valence-corrected chi connectivity index (χ4v) is 4.25. The quantitative estimate of drug-likeness (QED) is 0.801. The van der Waals surface area contributed by atoms with Gasteiger partial charge in [0.05, 0.1) is 11.6 Å². The van der Waals surface area contributed by atoms with Gasteiger partial charge >= 0.3 is 5.97 Å². The van der Waals surface area contributed by atoms with Crippen LogP contribution in [0.15, 0.2) is 54.6 Å². The molecule has 0 fully saturated rings. The van der Waals surface area contributed by atoms with Crippen molar-refractivity contribution >= 4 is 11.7 Å². The molecule has 0 bridgehead atoms. The average molecular weight is 319 g/mol. The van der Waals surface area contributed by atoms with Crippen molar-refractivity contribution in [3.05, 3.63) is 76.9 Å². The highest BCUT2D eigenvalue weighted by molar-refractivity contribution is 5.90. The lowest BCUT2D eigenvalue weighted by Crippen LogP contribution is -2.31. The van der Waals surface area contributed by atoms with Crippen LogP contribution < -0.4 is 5.32 Å². The number of carboxylic acid groups (broad SMARTS) is 1. The Labute approximate surface area is 142 Å². The molecule has 0 radical (unpaired) electrons. The maximum absolute atomic E-state index is 11.7. The zero-order valence-electron chi connectivity index (χ0n) is 13.7. The topological polar surface area (TPSA) is 49.3 Å². The number of carboxylic acids is 1. The molecule has 2 N–H and O–H groups in total. The summed E-state index contributed by atoms with van der Waals surface area (Å²) >= 11 is 0. The van der Waals surface area contributed by atoms with Gasteiger partial charge in [0.25, 0.3) is 0 Å². The lowest BCUT2D eigenvalue weighted by atomic mass is 9.75. The highest BCUT2D eigenvalue weighted by Gasteiger charge is 2.39. The molecular formula is C21H21NO2. The van der Waals surface area contributed by atoms with Gasteiger partial charge in [-0.3, -0.25) is 0 Å². The number of nitrogens with one attached hydrogen (secondary N) is 1.